The number of aromatic carboxylic acids is 1. The first-order valence-electron chi connectivity index (χ1n) is 5.78. The van der Waals surface area contributed by atoms with Crippen molar-refractivity contribution < 1.29 is 19.4 Å². The molecule has 0 radical (unpaired) electrons. The molecule has 5 nitrogen and oxygen atoms in total. The van der Waals surface area contributed by atoms with E-state index < -0.39 is 5.97 Å². The zero-order valence-corrected chi connectivity index (χ0v) is 10.5. The summed E-state index contributed by atoms with van der Waals surface area (Å²) < 4.78 is 5.23. The average Bonchev–Trinajstić information content (AvgIpc) is 2.36. The van der Waals surface area contributed by atoms with E-state index in [0.29, 0.717) is 5.75 Å². The highest BCUT2D eigenvalue weighted by molar-refractivity contribution is 5.88. The number of amides is 1. The van der Waals surface area contributed by atoms with Crippen molar-refractivity contribution in [2.45, 2.75) is 26.3 Å². The Morgan fingerprint density at radius 1 is 1.44 bits per heavy atom. The summed E-state index contributed by atoms with van der Waals surface area (Å²) in [6.45, 7) is 3.76. The summed E-state index contributed by atoms with van der Waals surface area (Å²) in [7, 11) is 0. The Morgan fingerprint density at radius 2 is 2.17 bits per heavy atom. The Kier molecular flexibility index (Phi) is 5.17. The van der Waals surface area contributed by atoms with E-state index in [-0.39, 0.29) is 24.1 Å². The molecule has 98 valence electrons. The van der Waals surface area contributed by atoms with Gasteiger partial charge in [-0.15, -0.1) is 0 Å². The van der Waals surface area contributed by atoms with Gasteiger partial charge in [-0.05, 0) is 31.5 Å². The quantitative estimate of drug-likeness (QED) is 0.806. The van der Waals surface area contributed by atoms with Crippen molar-refractivity contribution in [2.24, 2.45) is 0 Å². The van der Waals surface area contributed by atoms with Crippen LogP contribution in [0.3, 0.4) is 0 Å². The number of benzene rings is 1. The van der Waals surface area contributed by atoms with Crippen molar-refractivity contribution in [3.63, 3.8) is 0 Å². The lowest BCUT2D eigenvalue weighted by Crippen LogP contribution is -2.35. The molecule has 0 aliphatic carbocycles. The van der Waals surface area contributed by atoms with E-state index in [1.807, 2.05) is 13.8 Å². The fourth-order valence-corrected chi connectivity index (χ4v) is 1.29. The van der Waals surface area contributed by atoms with Gasteiger partial charge in [-0.3, -0.25) is 4.79 Å². The lowest BCUT2D eigenvalue weighted by atomic mass is 10.2. The van der Waals surface area contributed by atoms with Crippen LogP contribution in [0.25, 0.3) is 0 Å². The van der Waals surface area contributed by atoms with Crippen LogP contribution in [0, 0.1) is 0 Å². The molecule has 0 saturated carbocycles. The normalized spacial score (nSPS) is 11.7. The molecule has 0 bridgehead atoms. The fourth-order valence-electron chi connectivity index (χ4n) is 1.29. The molecule has 1 amide bonds. The van der Waals surface area contributed by atoms with Gasteiger partial charge in [0.15, 0.2) is 6.61 Å². The SMILES string of the molecule is CC[C@H](C)NC(=O)COc1cccc(C(=O)O)c1. The van der Waals surface area contributed by atoms with Gasteiger partial charge >= 0.3 is 5.97 Å². The summed E-state index contributed by atoms with van der Waals surface area (Å²) in [5.41, 5.74) is 0.134. The summed E-state index contributed by atoms with van der Waals surface area (Å²) >= 11 is 0. The highest BCUT2D eigenvalue weighted by Gasteiger charge is 2.08. The van der Waals surface area contributed by atoms with E-state index >= 15 is 0 Å². The third kappa shape index (κ3) is 4.45. The van der Waals surface area contributed by atoms with Crippen LogP contribution in [-0.2, 0) is 4.79 Å². The molecule has 1 aromatic carbocycles. The zero-order chi connectivity index (χ0) is 13.5. The lowest BCUT2D eigenvalue weighted by Gasteiger charge is -2.12. The van der Waals surface area contributed by atoms with Crippen LogP contribution in [0.1, 0.15) is 30.6 Å². The number of rotatable bonds is 6. The largest absolute Gasteiger partial charge is 0.484 e. The fraction of sp³-hybridized carbons (Fsp3) is 0.385. The van der Waals surface area contributed by atoms with Crippen LogP contribution < -0.4 is 10.1 Å². The van der Waals surface area contributed by atoms with Crippen molar-refractivity contribution in [3.05, 3.63) is 29.8 Å². The molecule has 0 saturated heterocycles. The first kappa shape index (κ1) is 14.0. The second kappa shape index (κ2) is 6.64. The molecule has 1 rings (SSSR count). The van der Waals surface area contributed by atoms with Crippen LogP contribution in [0.15, 0.2) is 24.3 Å². The van der Waals surface area contributed by atoms with E-state index in [4.69, 9.17) is 9.84 Å². The Labute approximate surface area is 106 Å². The molecule has 0 aromatic heterocycles. The molecule has 0 aliphatic heterocycles. The number of carboxylic acids is 1. The molecular formula is C13H17NO4. The Morgan fingerprint density at radius 3 is 2.78 bits per heavy atom. The van der Waals surface area contributed by atoms with Gasteiger partial charge in [0, 0.05) is 6.04 Å². The first-order valence-corrected chi connectivity index (χ1v) is 5.78. The molecular weight excluding hydrogens is 234 g/mol. The van der Waals surface area contributed by atoms with E-state index in [9.17, 15) is 9.59 Å². The summed E-state index contributed by atoms with van der Waals surface area (Å²) in [4.78, 5) is 22.2. The number of carbonyl (C=O) groups excluding carboxylic acids is 1. The highest BCUT2D eigenvalue weighted by atomic mass is 16.5. The number of hydrogen-bond acceptors (Lipinski definition) is 3. The van der Waals surface area contributed by atoms with Gasteiger partial charge in [0.1, 0.15) is 5.75 Å². The minimum absolute atomic E-state index is 0.103. The summed E-state index contributed by atoms with van der Waals surface area (Å²) in [6, 6.07) is 6.15. The van der Waals surface area contributed by atoms with Crippen molar-refractivity contribution in [1.82, 2.24) is 5.32 Å². The maximum atomic E-state index is 11.5. The number of ether oxygens (including phenoxy) is 1. The lowest BCUT2D eigenvalue weighted by molar-refractivity contribution is -0.123. The molecule has 0 fully saturated rings. The maximum Gasteiger partial charge on any atom is 0.335 e. The van der Waals surface area contributed by atoms with Crippen molar-refractivity contribution in [2.75, 3.05) is 6.61 Å². The summed E-state index contributed by atoms with van der Waals surface area (Å²) in [5.74, 6) is -0.871. The van der Waals surface area contributed by atoms with Gasteiger partial charge in [-0.25, -0.2) is 4.79 Å². The average molecular weight is 251 g/mol. The molecule has 0 aliphatic rings. The van der Waals surface area contributed by atoms with E-state index in [2.05, 4.69) is 5.32 Å². The molecule has 18 heavy (non-hydrogen) atoms. The molecule has 1 aromatic rings. The maximum absolute atomic E-state index is 11.5. The second-order valence-electron chi connectivity index (χ2n) is 4.00. The van der Waals surface area contributed by atoms with E-state index in [1.54, 1.807) is 12.1 Å². The zero-order valence-electron chi connectivity index (χ0n) is 10.5. The minimum atomic E-state index is -1.02. The van der Waals surface area contributed by atoms with Gasteiger partial charge in [-0.1, -0.05) is 13.0 Å². The number of hydrogen-bond donors (Lipinski definition) is 2. The third-order valence-corrected chi connectivity index (χ3v) is 2.47. The van der Waals surface area contributed by atoms with Crippen molar-refractivity contribution in [1.29, 1.82) is 0 Å². The molecule has 5 heteroatoms. The Hall–Kier alpha value is -2.04. The topological polar surface area (TPSA) is 75.6 Å². The van der Waals surface area contributed by atoms with Crippen LogP contribution in [0.4, 0.5) is 0 Å². The van der Waals surface area contributed by atoms with Crippen LogP contribution in [0.2, 0.25) is 0 Å². The predicted octanol–water partition coefficient (Wildman–Crippen LogP) is 1.68. The van der Waals surface area contributed by atoms with E-state index in [0.717, 1.165) is 6.42 Å². The smallest absolute Gasteiger partial charge is 0.335 e. The number of carbonyl (C=O) groups is 2. The van der Waals surface area contributed by atoms with E-state index in [1.165, 1.54) is 12.1 Å². The molecule has 0 heterocycles. The number of nitrogens with one attached hydrogen (secondary N) is 1. The van der Waals surface area contributed by atoms with Crippen molar-refractivity contribution >= 4 is 11.9 Å². The Balaban J connectivity index is 2.50. The standard InChI is InChI=1S/C13H17NO4/c1-3-9(2)14-12(15)8-18-11-6-4-5-10(7-11)13(16)17/h4-7,9H,3,8H2,1-2H3,(H,14,15)(H,16,17)/t9-/m0/s1. The van der Waals surface area contributed by atoms with Gasteiger partial charge in [0.25, 0.3) is 5.91 Å². The minimum Gasteiger partial charge on any atom is -0.484 e. The third-order valence-electron chi connectivity index (χ3n) is 2.47. The van der Waals surface area contributed by atoms with Gasteiger partial charge in [0.2, 0.25) is 0 Å². The first-order chi connectivity index (χ1) is 8.52. The van der Waals surface area contributed by atoms with Gasteiger partial charge in [-0.2, -0.15) is 0 Å². The Bertz CT molecular complexity index is 431. The summed E-state index contributed by atoms with van der Waals surface area (Å²) in [5, 5.41) is 11.6. The second-order valence-corrected chi connectivity index (χ2v) is 4.00. The van der Waals surface area contributed by atoms with Crippen LogP contribution in [0.5, 0.6) is 5.75 Å². The monoisotopic (exact) mass is 251 g/mol. The van der Waals surface area contributed by atoms with Crippen LogP contribution in [-0.4, -0.2) is 29.6 Å². The molecule has 0 unspecified atom stereocenters. The van der Waals surface area contributed by atoms with Gasteiger partial charge in [0.05, 0.1) is 5.56 Å². The molecule has 1 atom stereocenters. The van der Waals surface area contributed by atoms with Gasteiger partial charge < -0.3 is 15.2 Å². The number of carboxylic acid groups (broad SMARTS) is 1. The molecule has 0 spiro atoms. The highest BCUT2D eigenvalue weighted by Crippen LogP contribution is 2.13. The van der Waals surface area contributed by atoms with Crippen molar-refractivity contribution in [3.8, 4) is 5.75 Å². The predicted molar refractivity (Wildman–Crippen MR) is 66.8 cm³/mol. The van der Waals surface area contributed by atoms with Crippen LogP contribution >= 0.6 is 0 Å². The molecule has 2 N–H and O–H groups in total. The summed E-state index contributed by atoms with van der Waals surface area (Å²) in [6.07, 6.45) is 0.847.